The van der Waals surface area contributed by atoms with Crippen LogP contribution in [0.1, 0.15) is 65.7 Å². The summed E-state index contributed by atoms with van der Waals surface area (Å²) < 4.78 is 58.7. The van der Waals surface area contributed by atoms with Gasteiger partial charge in [-0.1, -0.05) is 70.0 Å². The number of para-hydroxylation sites is 1. The smallest absolute Gasteiger partial charge is 0.485 e. The van der Waals surface area contributed by atoms with Gasteiger partial charge >= 0.3 is 8.80 Å². The minimum absolute atomic E-state index is 0.0131. The van der Waals surface area contributed by atoms with Crippen LogP contribution in [0.3, 0.4) is 0 Å². The van der Waals surface area contributed by atoms with Crippen molar-refractivity contribution in [3.05, 3.63) is 30.3 Å². The van der Waals surface area contributed by atoms with Crippen LogP contribution in [0.5, 0.6) is 5.75 Å². The molecule has 0 fully saturated rings. The van der Waals surface area contributed by atoms with E-state index < -0.39 is 8.80 Å². The minimum atomic E-state index is -3.19. The van der Waals surface area contributed by atoms with Crippen molar-refractivity contribution >= 4 is 25.7 Å². The van der Waals surface area contributed by atoms with Gasteiger partial charge in [0.2, 0.25) is 5.12 Å². The van der Waals surface area contributed by atoms with E-state index in [0.717, 1.165) is 58.3 Å². The average molecular weight is 721 g/mol. The molecule has 0 bridgehead atoms. The summed E-state index contributed by atoms with van der Waals surface area (Å²) in [6.07, 6.45) is 7.10. The number of ether oxygens (including phenoxy) is 7. The zero-order chi connectivity index (χ0) is 34.6. The second kappa shape index (κ2) is 34.4. The predicted molar refractivity (Wildman–Crippen MR) is 192 cm³/mol. The van der Waals surface area contributed by atoms with Crippen LogP contribution in [0.15, 0.2) is 30.3 Å². The van der Waals surface area contributed by atoms with E-state index in [1.807, 2.05) is 30.3 Å². The Labute approximate surface area is 295 Å². The highest BCUT2D eigenvalue weighted by Crippen LogP contribution is 2.21. The first-order valence-corrected chi connectivity index (χ1v) is 20.8. The average Bonchev–Trinajstić information content (AvgIpc) is 3.11. The van der Waals surface area contributed by atoms with E-state index in [9.17, 15) is 4.79 Å². The molecule has 0 radical (unpaired) electrons. The van der Waals surface area contributed by atoms with Crippen LogP contribution in [0.25, 0.3) is 0 Å². The summed E-state index contributed by atoms with van der Waals surface area (Å²) >= 11 is 1.24. The van der Waals surface area contributed by atoms with Gasteiger partial charge in [-0.3, -0.25) is 4.79 Å². The number of rotatable bonds is 37. The number of thioether (sulfide) groups is 1. The molecule has 1 rings (SSSR count). The van der Waals surface area contributed by atoms with E-state index in [4.69, 9.17) is 46.4 Å². The van der Waals surface area contributed by atoms with Gasteiger partial charge in [-0.15, -0.1) is 0 Å². The topological polar surface area (TPSA) is 109 Å². The maximum absolute atomic E-state index is 12.5. The van der Waals surface area contributed by atoms with E-state index in [2.05, 4.69) is 20.8 Å². The Morgan fingerprint density at radius 1 is 0.542 bits per heavy atom. The van der Waals surface area contributed by atoms with Gasteiger partial charge in [0, 0.05) is 31.6 Å². The Morgan fingerprint density at radius 2 is 0.938 bits per heavy atom. The molecule has 11 nitrogen and oxygen atoms in total. The van der Waals surface area contributed by atoms with Crippen LogP contribution in [0.2, 0.25) is 6.04 Å². The first-order valence-electron chi connectivity index (χ1n) is 17.9. The van der Waals surface area contributed by atoms with Gasteiger partial charge in [-0.25, -0.2) is 0 Å². The second-order valence-corrected chi connectivity index (χ2v) is 14.8. The van der Waals surface area contributed by atoms with Gasteiger partial charge in [-0.05, 0) is 37.8 Å². The van der Waals surface area contributed by atoms with Gasteiger partial charge < -0.3 is 46.4 Å². The highest BCUT2D eigenvalue weighted by Gasteiger charge is 2.41. The maximum Gasteiger partial charge on any atom is 0.501 e. The summed E-state index contributed by atoms with van der Waals surface area (Å²) in [6, 6.07) is 9.86. The fourth-order valence-electron chi connectivity index (χ4n) is 3.99. The molecule has 1 aromatic carbocycles. The summed E-state index contributed by atoms with van der Waals surface area (Å²) in [5.74, 6) is 1.26. The van der Waals surface area contributed by atoms with Crippen LogP contribution in [0.4, 0.5) is 0 Å². The molecule has 0 aliphatic carbocycles. The van der Waals surface area contributed by atoms with Gasteiger partial charge in [0.1, 0.15) is 5.75 Å². The number of carbonyl (C=O) groups is 1. The highest BCUT2D eigenvalue weighted by molar-refractivity contribution is 8.13. The third-order valence-corrected chi connectivity index (χ3v) is 10.5. The molecule has 0 aromatic heterocycles. The first-order chi connectivity index (χ1) is 23.7. The summed E-state index contributed by atoms with van der Waals surface area (Å²) in [6.45, 7) is 13.9. The lowest BCUT2D eigenvalue weighted by molar-refractivity contribution is -0.112. The van der Waals surface area contributed by atoms with E-state index >= 15 is 0 Å². The Balaban J connectivity index is 2.65. The Hall–Kier alpha value is -1.10. The van der Waals surface area contributed by atoms with Crippen molar-refractivity contribution in [3.8, 4) is 5.75 Å². The van der Waals surface area contributed by atoms with Crippen LogP contribution < -0.4 is 4.74 Å². The molecule has 0 N–H and O–H groups in total. The lowest BCUT2D eigenvalue weighted by Crippen LogP contribution is -2.48. The molecule has 0 heterocycles. The molecule has 280 valence electrons. The van der Waals surface area contributed by atoms with Crippen molar-refractivity contribution in [1.29, 1.82) is 0 Å². The first kappa shape index (κ1) is 44.9. The zero-order valence-electron chi connectivity index (χ0n) is 30.0. The molecule has 0 saturated carbocycles. The number of hydrogen-bond acceptors (Lipinski definition) is 12. The second-order valence-electron chi connectivity index (χ2n) is 10.9. The fourth-order valence-corrected chi connectivity index (χ4v) is 7.38. The SMILES string of the molecule is CCCCOCCOCCO[Si](CCCSC(=O)COc1ccccc1)(OCCOCCOCCCC)OCCOCCOCCCC. The summed E-state index contributed by atoms with van der Waals surface area (Å²) in [5, 5.41) is -0.0347. The zero-order valence-corrected chi connectivity index (χ0v) is 31.8. The normalized spacial score (nSPS) is 11.7. The Morgan fingerprint density at radius 3 is 1.35 bits per heavy atom. The van der Waals surface area contributed by atoms with Crippen molar-refractivity contribution in [2.24, 2.45) is 0 Å². The standard InChI is InChI=1S/C35H64O11SSi/c1-4-7-16-37-19-22-40-25-28-44-48(45-29-26-41-23-20-38-17-8-5-2,46-30-27-42-24-21-39-18-9-6-3)32-13-31-47-35(36)33-43-34-14-11-10-12-15-34/h10-12,14-15H,4-9,13,16-33H2,1-3H3. The molecule has 0 aliphatic rings. The molecule has 13 heteroatoms. The molecule has 48 heavy (non-hydrogen) atoms. The number of hydrogen-bond donors (Lipinski definition) is 0. The predicted octanol–water partition coefficient (Wildman–Crippen LogP) is 6.20. The molecular formula is C35H64O11SSi. The van der Waals surface area contributed by atoms with Crippen LogP contribution >= 0.6 is 11.8 Å². The quantitative estimate of drug-likeness (QED) is 0.0577. The van der Waals surface area contributed by atoms with Crippen molar-refractivity contribution in [3.63, 3.8) is 0 Å². The molecule has 0 unspecified atom stereocenters. The summed E-state index contributed by atoms with van der Waals surface area (Å²) in [4.78, 5) is 12.5. The Kier molecular flexibility index (Phi) is 32.1. The molecule has 0 atom stereocenters. The largest absolute Gasteiger partial charge is 0.501 e. The van der Waals surface area contributed by atoms with Crippen LogP contribution in [0, 0.1) is 0 Å². The number of unbranched alkanes of at least 4 members (excludes halogenated alkanes) is 3. The molecule has 0 spiro atoms. The van der Waals surface area contributed by atoms with Gasteiger partial charge in [0.05, 0.1) is 79.3 Å². The van der Waals surface area contributed by atoms with Gasteiger partial charge in [0.25, 0.3) is 0 Å². The number of carbonyl (C=O) groups excluding carboxylic acids is 1. The molecule has 0 aliphatic heterocycles. The molecule has 0 amide bonds. The fraction of sp³-hybridized carbons (Fsp3) is 0.800. The highest BCUT2D eigenvalue weighted by atomic mass is 32.2. The monoisotopic (exact) mass is 720 g/mol. The molecular weight excluding hydrogens is 657 g/mol. The third-order valence-electron chi connectivity index (χ3n) is 6.68. The number of benzene rings is 1. The Bertz CT molecular complexity index is 770. The third kappa shape index (κ3) is 27.7. The lowest BCUT2D eigenvalue weighted by Gasteiger charge is -2.30. The van der Waals surface area contributed by atoms with Crippen molar-refractivity contribution in [2.75, 3.05) is 111 Å². The van der Waals surface area contributed by atoms with Crippen molar-refractivity contribution < 1.29 is 51.2 Å². The minimum Gasteiger partial charge on any atom is -0.485 e. The summed E-state index contributed by atoms with van der Waals surface area (Å²) in [7, 11) is -3.19. The maximum atomic E-state index is 12.5. The van der Waals surface area contributed by atoms with Crippen LogP contribution in [-0.2, 0) is 46.5 Å². The van der Waals surface area contributed by atoms with E-state index in [0.29, 0.717) is 103 Å². The van der Waals surface area contributed by atoms with E-state index in [-0.39, 0.29) is 11.7 Å². The molecule has 1 aromatic rings. The summed E-state index contributed by atoms with van der Waals surface area (Å²) in [5.41, 5.74) is 0. The lowest BCUT2D eigenvalue weighted by atomic mass is 10.3. The van der Waals surface area contributed by atoms with Gasteiger partial charge in [-0.2, -0.15) is 0 Å². The van der Waals surface area contributed by atoms with Crippen molar-refractivity contribution in [2.45, 2.75) is 71.8 Å². The van der Waals surface area contributed by atoms with Gasteiger partial charge in [0.15, 0.2) is 6.61 Å². The van der Waals surface area contributed by atoms with E-state index in [1.165, 1.54) is 11.8 Å². The van der Waals surface area contributed by atoms with Crippen molar-refractivity contribution in [1.82, 2.24) is 0 Å². The van der Waals surface area contributed by atoms with Crippen LogP contribution in [-0.4, -0.2) is 125 Å². The van der Waals surface area contributed by atoms with E-state index in [1.54, 1.807) is 0 Å². The molecule has 0 saturated heterocycles.